The Hall–Kier alpha value is -2.49. The van der Waals surface area contributed by atoms with E-state index in [1.54, 1.807) is 41.3 Å². The first-order valence-corrected chi connectivity index (χ1v) is 7.70. The molecule has 0 heterocycles. The van der Waals surface area contributed by atoms with E-state index in [2.05, 4.69) is 0 Å². The van der Waals surface area contributed by atoms with Crippen LogP contribution in [0.5, 0.6) is 0 Å². The maximum atomic E-state index is 13.2. The zero-order valence-corrected chi connectivity index (χ0v) is 13.2. The Labute approximate surface area is 135 Å². The summed E-state index contributed by atoms with van der Waals surface area (Å²) in [5, 5.41) is 0. The first kappa shape index (κ1) is 16.9. The molecule has 0 atom stereocenters. The SMILES string of the molecule is CCN(Cc1cccc(F)c1)C(=O)CCC(=O)c1ccccc1. The van der Waals surface area contributed by atoms with Gasteiger partial charge >= 0.3 is 0 Å². The number of rotatable bonds is 7. The Morgan fingerprint density at radius 1 is 1.00 bits per heavy atom. The maximum absolute atomic E-state index is 13.2. The van der Waals surface area contributed by atoms with E-state index in [1.165, 1.54) is 12.1 Å². The van der Waals surface area contributed by atoms with Gasteiger partial charge in [0.25, 0.3) is 0 Å². The molecular weight excluding hydrogens is 293 g/mol. The van der Waals surface area contributed by atoms with Crippen molar-refractivity contribution in [3.05, 3.63) is 71.5 Å². The number of benzene rings is 2. The average Bonchev–Trinajstić information content (AvgIpc) is 2.58. The number of hydrogen-bond donors (Lipinski definition) is 0. The van der Waals surface area contributed by atoms with Gasteiger partial charge in [0.15, 0.2) is 5.78 Å². The number of Topliss-reactive ketones (excluding diaryl/α,β-unsaturated/α-hetero) is 1. The molecule has 120 valence electrons. The van der Waals surface area contributed by atoms with Crippen molar-refractivity contribution >= 4 is 11.7 Å². The van der Waals surface area contributed by atoms with Crippen LogP contribution in [0.15, 0.2) is 54.6 Å². The number of ketones is 1. The maximum Gasteiger partial charge on any atom is 0.223 e. The molecule has 1 amide bonds. The van der Waals surface area contributed by atoms with Crippen LogP contribution in [0.2, 0.25) is 0 Å². The van der Waals surface area contributed by atoms with Crippen molar-refractivity contribution in [2.75, 3.05) is 6.54 Å². The summed E-state index contributed by atoms with van der Waals surface area (Å²) in [4.78, 5) is 26.0. The minimum Gasteiger partial charge on any atom is -0.339 e. The number of halogens is 1. The van der Waals surface area contributed by atoms with Crippen LogP contribution < -0.4 is 0 Å². The topological polar surface area (TPSA) is 37.4 Å². The van der Waals surface area contributed by atoms with Gasteiger partial charge in [-0.05, 0) is 24.6 Å². The van der Waals surface area contributed by atoms with E-state index >= 15 is 0 Å². The number of carbonyl (C=O) groups is 2. The molecule has 0 unspecified atom stereocenters. The van der Waals surface area contributed by atoms with Crippen molar-refractivity contribution in [3.63, 3.8) is 0 Å². The van der Waals surface area contributed by atoms with Crippen LogP contribution in [0.3, 0.4) is 0 Å². The summed E-state index contributed by atoms with van der Waals surface area (Å²) < 4.78 is 13.2. The molecule has 0 radical (unpaired) electrons. The van der Waals surface area contributed by atoms with Gasteiger partial charge in [0.05, 0.1) is 0 Å². The standard InChI is InChI=1S/C19H20FNO2/c1-2-21(14-15-7-6-10-17(20)13-15)19(23)12-11-18(22)16-8-4-3-5-9-16/h3-10,13H,2,11-12,14H2,1H3. The highest BCUT2D eigenvalue weighted by molar-refractivity contribution is 5.97. The van der Waals surface area contributed by atoms with Crippen molar-refractivity contribution < 1.29 is 14.0 Å². The van der Waals surface area contributed by atoms with Crippen molar-refractivity contribution in [3.8, 4) is 0 Å². The summed E-state index contributed by atoms with van der Waals surface area (Å²) in [7, 11) is 0. The van der Waals surface area contributed by atoms with E-state index in [-0.39, 0.29) is 30.3 Å². The molecule has 0 saturated heterocycles. The normalized spacial score (nSPS) is 10.3. The monoisotopic (exact) mass is 313 g/mol. The van der Waals surface area contributed by atoms with E-state index in [9.17, 15) is 14.0 Å². The highest BCUT2D eigenvalue weighted by Gasteiger charge is 2.15. The summed E-state index contributed by atoms with van der Waals surface area (Å²) in [5.74, 6) is -0.452. The lowest BCUT2D eigenvalue weighted by atomic mass is 10.1. The largest absolute Gasteiger partial charge is 0.339 e. The molecule has 2 aromatic carbocycles. The molecular formula is C19H20FNO2. The predicted octanol–water partition coefficient (Wildman–Crippen LogP) is 3.84. The van der Waals surface area contributed by atoms with E-state index in [0.717, 1.165) is 5.56 Å². The molecule has 0 aliphatic heterocycles. The van der Waals surface area contributed by atoms with Crippen LogP contribution in [0.25, 0.3) is 0 Å². The summed E-state index contributed by atoms with van der Waals surface area (Å²) in [6.07, 6.45) is 0.347. The van der Waals surface area contributed by atoms with Crippen molar-refractivity contribution in [1.29, 1.82) is 0 Å². The van der Waals surface area contributed by atoms with Crippen LogP contribution in [-0.2, 0) is 11.3 Å². The van der Waals surface area contributed by atoms with Gasteiger partial charge in [-0.1, -0.05) is 42.5 Å². The van der Waals surface area contributed by atoms with Crippen LogP contribution in [0.4, 0.5) is 4.39 Å². The highest BCUT2D eigenvalue weighted by atomic mass is 19.1. The summed E-state index contributed by atoms with van der Waals surface area (Å²) in [6, 6.07) is 15.2. The van der Waals surface area contributed by atoms with E-state index < -0.39 is 0 Å². The zero-order chi connectivity index (χ0) is 16.7. The Bertz CT molecular complexity index is 670. The second-order valence-corrected chi connectivity index (χ2v) is 5.33. The molecule has 3 nitrogen and oxygen atoms in total. The second-order valence-electron chi connectivity index (χ2n) is 5.33. The minimum absolute atomic E-state index is 0.0410. The third-order valence-electron chi connectivity index (χ3n) is 3.66. The highest BCUT2D eigenvalue weighted by Crippen LogP contribution is 2.11. The summed E-state index contributed by atoms with van der Waals surface area (Å²) in [6.45, 7) is 2.75. The van der Waals surface area contributed by atoms with E-state index in [1.807, 2.05) is 13.0 Å². The molecule has 0 fully saturated rings. The fraction of sp³-hybridized carbons (Fsp3) is 0.263. The second kappa shape index (κ2) is 8.22. The number of nitrogens with zero attached hydrogens (tertiary/aromatic N) is 1. The van der Waals surface area contributed by atoms with Crippen molar-refractivity contribution in [1.82, 2.24) is 4.90 Å². The van der Waals surface area contributed by atoms with Crippen LogP contribution in [0, 0.1) is 5.82 Å². The van der Waals surface area contributed by atoms with Gasteiger partial charge < -0.3 is 4.90 Å². The molecule has 2 aromatic rings. The third-order valence-corrected chi connectivity index (χ3v) is 3.66. The van der Waals surface area contributed by atoms with Gasteiger partial charge in [-0.15, -0.1) is 0 Å². The molecule has 23 heavy (non-hydrogen) atoms. The molecule has 4 heteroatoms. The van der Waals surface area contributed by atoms with E-state index in [4.69, 9.17) is 0 Å². The molecule has 0 saturated carbocycles. The zero-order valence-electron chi connectivity index (χ0n) is 13.2. The Balaban J connectivity index is 1.91. The van der Waals surface area contributed by atoms with Crippen molar-refractivity contribution in [2.24, 2.45) is 0 Å². The van der Waals surface area contributed by atoms with Gasteiger partial charge in [-0.25, -0.2) is 4.39 Å². The smallest absolute Gasteiger partial charge is 0.223 e. The van der Waals surface area contributed by atoms with Crippen LogP contribution in [-0.4, -0.2) is 23.1 Å². The minimum atomic E-state index is -0.315. The van der Waals surface area contributed by atoms with E-state index in [0.29, 0.717) is 18.7 Å². The molecule has 0 spiro atoms. The fourth-order valence-electron chi connectivity index (χ4n) is 2.38. The molecule has 2 rings (SSSR count). The van der Waals surface area contributed by atoms with Gasteiger partial charge in [0.2, 0.25) is 5.91 Å². The van der Waals surface area contributed by atoms with Crippen molar-refractivity contribution in [2.45, 2.75) is 26.3 Å². The lowest BCUT2D eigenvalue weighted by Gasteiger charge is -2.21. The Morgan fingerprint density at radius 2 is 1.74 bits per heavy atom. The number of amides is 1. The first-order chi connectivity index (χ1) is 11.1. The molecule has 0 aliphatic carbocycles. The van der Waals surface area contributed by atoms with Gasteiger partial charge in [-0.3, -0.25) is 9.59 Å². The average molecular weight is 313 g/mol. The number of carbonyl (C=O) groups excluding carboxylic acids is 2. The van der Waals surface area contributed by atoms with Gasteiger partial charge in [-0.2, -0.15) is 0 Å². The Morgan fingerprint density at radius 3 is 2.39 bits per heavy atom. The lowest BCUT2D eigenvalue weighted by molar-refractivity contribution is -0.131. The van der Waals surface area contributed by atoms with Crippen LogP contribution >= 0.6 is 0 Å². The molecule has 0 aliphatic rings. The Kier molecular flexibility index (Phi) is 6.03. The quantitative estimate of drug-likeness (QED) is 0.728. The fourth-order valence-corrected chi connectivity index (χ4v) is 2.38. The predicted molar refractivity (Wildman–Crippen MR) is 87.5 cm³/mol. The van der Waals surface area contributed by atoms with Gasteiger partial charge in [0, 0.05) is 31.5 Å². The first-order valence-electron chi connectivity index (χ1n) is 7.70. The lowest BCUT2D eigenvalue weighted by Crippen LogP contribution is -2.30. The molecule has 0 aromatic heterocycles. The molecule has 0 N–H and O–H groups in total. The summed E-state index contributed by atoms with van der Waals surface area (Å²) in [5.41, 5.74) is 1.36. The third kappa shape index (κ3) is 5.02. The summed E-state index contributed by atoms with van der Waals surface area (Å²) >= 11 is 0. The number of hydrogen-bond acceptors (Lipinski definition) is 2. The van der Waals surface area contributed by atoms with Crippen LogP contribution in [0.1, 0.15) is 35.7 Å². The van der Waals surface area contributed by atoms with Gasteiger partial charge in [0.1, 0.15) is 5.82 Å². The molecule has 0 bridgehead atoms.